The van der Waals surface area contributed by atoms with Gasteiger partial charge in [0.25, 0.3) is 11.8 Å². The van der Waals surface area contributed by atoms with Crippen molar-refractivity contribution in [2.45, 2.75) is 45.8 Å². The van der Waals surface area contributed by atoms with E-state index in [1.807, 2.05) is 49.4 Å². The van der Waals surface area contributed by atoms with Gasteiger partial charge in [-0.15, -0.1) is 0 Å². The summed E-state index contributed by atoms with van der Waals surface area (Å²) in [5.74, 6) is -2.90. The van der Waals surface area contributed by atoms with Gasteiger partial charge in [0, 0.05) is 18.7 Å². The van der Waals surface area contributed by atoms with E-state index in [-0.39, 0.29) is 18.9 Å². The number of nitrogens with zero attached hydrogens (tertiary/aromatic N) is 3. The van der Waals surface area contributed by atoms with E-state index < -0.39 is 37.6 Å². The summed E-state index contributed by atoms with van der Waals surface area (Å²) >= 11 is 0. The molecular formula is C30H37N4O6P. The first-order chi connectivity index (χ1) is 19.8. The summed E-state index contributed by atoms with van der Waals surface area (Å²) in [6, 6.07) is 16.7. The zero-order valence-corrected chi connectivity index (χ0v) is 24.6. The summed E-state index contributed by atoms with van der Waals surface area (Å²) in [4.78, 5) is 48.0. The number of aliphatic imine (C=N–C) groups is 1. The van der Waals surface area contributed by atoms with Crippen LogP contribution < -0.4 is 5.32 Å². The molecular weight excluding hydrogens is 543 g/mol. The third-order valence-electron chi connectivity index (χ3n) is 6.79. The quantitative estimate of drug-likeness (QED) is 0.312. The lowest BCUT2D eigenvalue weighted by Gasteiger charge is -2.33. The molecule has 0 radical (unpaired) electrons. The van der Waals surface area contributed by atoms with Gasteiger partial charge in [0.1, 0.15) is 18.1 Å². The van der Waals surface area contributed by atoms with Crippen molar-refractivity contribution >= 4 is 37.2 Å². The molecule has 2 aliphatic heterocycles. The largest absolute Gasteiger partial charge is 0.362 e. The molecule has 2 aliphatic rings. The first kappa shape index (κ1) is 30.4. The van der Waals surface area contributed by atoms with Crippen LogP contribution in [0.25, 0.3) is 6.08 Å². The van der Waals surface area contributed by atoms with E-state index in [1.54, 1.807) is 37.0 Å². The van der Waals surface area contributed by atoms with E-state index in [0.29, 0.717) is 24.5 Å². The van der Waals surface area contributed by atoms with Gasteiger partial charge >= 0.3 is 7.60 Å². The maximum Gasteiger partial charge on any atom is 0.362 e. The predicted molar refractivity (Wildman–Crippen MR) is 157 cm³/mol. The van der Waals surface area contributed by atoms with Gasteiger partial charge in [-0.3, -0.25) is 23.8 Å². The van der Waals surface area contributed by atoms with Crippen molar-refractivity contribution in [2.24, 2.45) is 4.99 Å². The lowest BCUT2D eigenvalue weighted by atomic mass is 10.1. The highest BCUT2D eigenvalue weighted by Gasteiger charge is 2.45. The highest BCUT2D eigenvalue weighted by Crippen LogP contribution is 2.52. The third-order valence-corrected chi connectivity index (χ3v) is 9.01. The number of carbonyl (C=O) groups excluding carboxylic acids is 3. The lowest BCUT2D eigenvalue weighted by Crippen LogP contribution is -2.52. The van der Waals surface area contributed by atoms with Crippen LogP contribution in [0.3, 0.4) is 0 Å². The normalized spacial score (nSPS) is 17.5. The molecule has 1 saturated heterocycles. The van der Waals surface area contributed by atoms with Gasteiger partial charge in [-0.2, -0.15) is 0 Å². The van der Waals surface area contributed by atoms with Crippen LogP contribution in [0.15, 0.2) is 65.3 Å². The van der Waals surface area contributed by atoms with Crippen LogP contribution in [-0.2, 0) is 28.0 Å². The second-order valence-corrected chi connectivity index (χ2v) is 12.0. The molecule has 0 spiro atoms. The maximum atomic E-state index is 13.8. The molecule has 218 valence electrons. The molecule has 0 aromatic heterocycles. The lowest BCUT2D eigenvalue weighted by molar-refractivity contribution is -0.136. The fourth-order valence-electron chi connectivity index (χ4n) is 4.78. The van der Waals surface area contributed by atoms with Crippen LogP contribution >= 0.6 is 7.60 Å². The summed E-state index contributed by atoms with van der Waals surface area (Å²) in [6.45, 7) is 5.85. The second-order valence-electron chi connectivity index (χ2n) is 9.86. The highest BCUT2D eigenvalue weighted by atomic mass is 31.2. The third kappa shape index (κ3) is 7.38. The molecule has 10 nitrogen and oxygen atoms in total. The molecule has 0 aliphatic carbocycles. The minimum absolute atomic E-state index is 0.0273. The van der Waals surface area contributed by atoms with Crippen LogP contribution in [-0.4, -0.2) is 72.0 Å². The molecule has 2 aromatic rings. The SMILES string of the molecule is CCOP(=O)(OCC)C(NC(=O)CN1C(=O)/C(=C/c2ccc(C)cc2)N=C1c1ccccc1)C(=O)N1CCCCC1. The Bertz CT molecular complexity index is 1340. The molecule has 0 saturated carbocycles. The Labute approximate surface area is 240 Å². The van der Waals surface area contributed by atoms with E-state index in [4.69, 9.17) is 9.05 Å². The van der Waals surface area contributed by atoms with Gasteiger partial charge in [-0.05, 0) is 51.7 Å². The van der Waals surface area contributed by atoms with Gasteiger partial charge in [-0.1, -0.05) is 60.2 Å². The summed E-state index contributed by atoms with van der Waals surface area (Å²) in [7, 11) is -4.07. The Morgan fingerprint density at radius 1 is 1.00 bits per heavy atom. The van der Waals surface area contributed by atoms with Gasteiger partial charge in [0.05, 0.1) is 13.2 Å². The fourth-order valence-corrected chi connectivity index (χ4v) is 6.61. The molecule has 1 N–H and O–H groups in total. The van der Waals surface area contributed by atoms with Gasteiger partial charge < -0.3 is 19.3 Å². The second kappa shape index (κ2) is 13.9. The molecule has 41 heavy (non-hydrogen) atoms. The number of hydrogen-bond acceptors (Lipinski definition) is 7. The summed E-state index contributed by atoms with van der Waals surface area (Å²) in [5.41, 5.74) is 2.71. The Hall–Kier alpha value is -3.59. The fraction of sp³-hybridized carbons (Fsp3) is 0.400. The number of nitrogens with one attached hydrogen (secondary N) is 1. The Balaban J connectivity index is 1.62. The van der Waals surface area contributed by atoms with Gasteiger partial charge in [0.15, 0.2) is 0 Å². The first-order valence-electron chi connectivity index (χ1n) is 14.0. The molecule has 11 heteroatoms. The molecule has 4 rings (SSSR count). The van der Waals surface area contributed by atoms with E-state index in [2.05, 4.69) is 10.3 Å². The van der Waals surface area contributed by atoms with Gasteiger partial charge in [-0.25, -0.2) is 4.99 Å². The molecule has 1 fully saturated rings. The number of amides is 3. The number of rotatable bonds is 11. The smallest absolute Gasteiger partial charge is 0.340 e. The maximum absolute atomic E-state index is 13.8. The van der Waals surface area contributed by atoms with Crippen molar-refractivity contribution in [1.82, 2.24) is 15.1 Å². The van der Waals surface area contributed by atoms with Crippen LogP contribution in [0, 0.1) is 6.92 Å². The topological polar surface area (TPSA) is 118 Å². The van der Waals surface area contributed by atoms with Crippen LogP contribution in [0.4, 0.5) is 0 Å². The Morgan fingerprint density at radius 3 is 2.24 bits per heavy atom. The van der Waals surface area contributed by atoms with Gasteiger partial charge in [0.2, 0.25) is 11.7 Å². The zero-order valence-electron chi connectivity index (χ0n) is 23.7. The first-order valence-corrected chi connectivity index (χ1v) is 15.6. The standard InChI is InChI=1S/C30H37N4O6P/c1-4-39-41(38,40-5-2)28(30(37)33-18-10-7-11-19-33)32-26(35)21-34-27(24-12-8-6-9-13-24)31-25(29(34)36)20-23-16-14-22(3)15-17-23/h6,8-9,12-17,20,28H,4-5,7,10-11,18-19,21H2,1-3H3,(H,32,35)/b25-20-. The van der Waals surface area contributed by atoms with Crippen molar-refractivity contribution in [1.29, 1.82) is 0 Å². The Morgan fingerprint density at radius 2 is 1.63 bits per heavy atom. The van der Waals surface area contributed by atoms with Crippen molar-refractivity contribution in [3.05, 3.63) is 77.0 Å². The molecule has 3 amide bonds. The minimum atomic E-state index is -4.07. The predicted octanol–water partition coefficient (Wildman–Crippen LogP) is 4.35. The number of amidine groups is 1. The number of likely N-dealkylation sites (tertiary alicyclic amines) is 1. The van der Waals surface area contributed by atoms with Crippen molar-refractivity contribution in [2.75, 3.05) is 32.8 Å². The van der Waals surface area contributed by atoms with Crippen LogP contribution in [0.1, 0.15) is 49.8 Å². The number of hydrogen-bond donors (Lipinski definition) is 1. The minimum Gasteiger partial charge on any atom is -0.340 e. The van der Waals surface area contributed by atoms with Crippen molar-refractivity contribution in [3.8, 4) is 0 Å². The van der Waals surface area contributed by atoms with Crippen LogP contribution in [0.5, 0.6) is 0 Å². The summed E-state index contributed by atoms with van der Waals surface area (Å²) < 4.78 is 24.7. The van der Waals surface area contributed by atoms with Crippen molar-refractivity contribution in [3.63, 3.8) is 0 Å². The van der Waals surface area contributed by atoms with E-state index in [1.165, 1.54) is 4.90 Å². The monoisotopic (exact) mass is 580 g/mol. The zero-order chi connectivity index (χ0) is 29.4. The summed E-state index contributed by atoms with van der Waals surface area (Å²) in [5, 5.41) is 2.60. The molecule has 2 heterocycles. The van der Waals surface area contributed by atoms with Crippen molar-refractivity contribution < 1.29 is 28.0 Å². The number of piperidine rings is 1. The average Bonchev–Trinajstić information content (AvgIpc) is 3.28. The summed E-state index contributed by atoms with van der Waals surface area (Å²) in [6.07, 6.45) is 4.29. The molecule has 1 unspecified atom stereocenters. The number of benzene rings is 2. The number of carbonyl (C=O) groups is 3. The highest BCUT2D eigenvalue weighted by molar-refractivity contribution is 7.55. The van der Waals surface area contributed by atoms with E-state index in [9.17, 15) is 18.9 Å². The molecule has 0 bridgehead atoms. The molecule has 2 aromatic carbocycles. The molecule has 1 atom stereocenters. The Kier molecular flexibility index (Phi) is 10.3. The van der Waals surface area contributed by atoms with E-state index >= 15 is 0 Å². The van der Waals surface area contributed by atoms with Crippen LogP contribution in [0.2, 0.25) is 0 Å². The average molecular weight is 581 g/mol. The number of aryl methyl sites for hydroxylation is 1. The van der Waals surface area contributed by atoms with E-state index in [0.717, 1.165) is 30.4 Å².